The van der Waals surface area contributed by atoms with E-state index in [2.05, 4.69) is 22.4 Å². The van der Waals surface area contributed by atoms with Crippen molar-refractivity contribution in [3.63, 3.8) is 0 Å². The van der Waals surface area contributed by atoms with Crippen LogP contribution >= 0.6 is 0 Å². The lowest BCUT2D eigenvalue weighted by Crippen LogP contribution is -2.44. The molecule has 2 aliphatic rings. The highest BCUT2D eigenvalue weighted by Crippen LogP contribution is 2.36. The highest BCUT2D eigenvalue weighted by molar-refractivity contribution is 7.90. The summed E-state index contributed by atoms with van der Waals surface area (Å²) in [5.74, 6) is 1.34. The van der Waals surface area contributed by atoms with Crippen molar-refractivity contribution in [2.45, 2.75) is 38.2 Å². The van der Waals surface area contributed by atoms with Gasteiger partial charge in [0.2, 0.25) is 0 Å². The number of nitrogens with zero attached hydrogens (tertiary/aromatic N) is 2. The number of anilines is 1. The molecule has 9 nitrogen and oxygen atoms in total. The molecule has 200 valence electrons. The maximum absolute atomic E-state index is 12.7. The Morgan fingerprint density at radius 1 is 1.16 bits per heavy atom. The Morgan fingerprint density at radius 2 is 2.00 bits per heavy atom. The predicted octanol–water partition coefficient (Wildman–Crippen LogP) is 3.14. The van der Waals surface area contributed by atoms with Crippen molar-refractivity contribution in [3.8, 4) is 11.5 Å². The van der Waals surface area contributed by atoms with E-state index in [1.165, 1.54) is 64.1 Å². The zero-order chi connectivity index (χ0) is 26.0. The van der Waals surface area contributed by atoms with Gasteiger partial charge >= 0.3 is 10.2 Å². The van der Waals surface area contributed by atoms with Gasteiger partial charge in [-0.15, -0.1) is 0 Å². The fourth-order valence-electron chi connectivity index (χ4n) is 5.10. The number of hydrogen-bond donors (Lipinski definition) is 3. The molecule has 0 unspecified atom stereocenters. The van der Waals surface area contributed by atoms with Crippen molar-refractivity contribution >= 4 is 26.8 Å². The fourth-order valence-corrected chi connectivity index (χ4v) is 6.19. The topological polar surface area (TPSA) is 107 Å². The lowest BCUT2D eigenvalue weighted by atomic mass is 10.1. The van der Waals surface area contributed by atoms with Gasteiger partial charge in [0.15, 0.2) is 0 Å². The number of nitrogens with one attached hydrogen (secondary N) is 2. The first kappa shape index (κ1) is 25.8. The number of fused-ring (bicyclic) bond motifs is 4. The van der Waals surface area contributed by atoms with Gasteiger partial charge < -0.3 is 24.9 Å². The van der Waals surface area contributed by atoms with Crippen LogP contribution in [0.4, 0.5) is 5.69 Å². The van der Waals surface area contributed by atoms with Gasteiger partial charge in [0.25, 0.3) is 0 Å². The summed E-state index contributed by atoms with van der Waals surface area (Å²) in [5, 5.41) is 15.2. The van der Waals surface area contributed by atoms with Crippen LogP contribution < -0.4 is 19.1 Å². The van der Waals surface area contributed by atoms with Crippen LogP contribution in [0.2, 0.25) is 0 Å². The van der Waals surface area contributed by atoms with Gasteiger partial charge in [-0.25, -0.2) is 0 Å². The Balaban J connectivity index is 1.16. The molecule has 0 saturated heterocycles. The van der Waals surface area contributed by atoms with Crippen LogP contribution in [0.1, 0.15) is 42.2 Å². The van der Waals surface area contributed by atoms with Crippen molar-refractivity contribution in [1.82, 2.24) is 14.6 Å². The number of aromatic amines is 1. The Labute approximate surface area is 218 Å². The van der Waals surface area contributed by atoms with Gasteiger partial charge in [0, 0.05) is 43.8 Å². The highest BCUT2D eigenvalue weighted by atomic mass is 32.2. The fraction of sp³-hybridized carbons (Fsp3) is 0.481. The molecule has 0 fully saturated rings. The van der Waals surface area contributed by atoms with Crippen LogP contribution in [0, 0.1) is 0 Å². The van der Waals surface area contributed by atoms with Crippen molar-refractivity contribution < 1.29 is 23.0 Å². The van der Waals surface area contributed by atoms with E-state index in [9.17, 15) is 13.5 Å². The van der Waals surface area contributed by atoms with Crippen LogP contribution in [-0.2, 0) is 23.1 Å². The standard InChI is InChI=1S/C27H36N4O5S/c1-30(2)37(33,34)31-13-15-36-27-11-8-19(16-25(27)31)26(32)18-28-12-14-35-20-9-10-24-22(17-20)21-6-4-3-5-7-23(21)29-24/h8-11,16-17,26,28-29,32H,3-7,12-15,18H2,1-2H3/t26-/m0/s1. The van der Waals surface area contributed by atoms with Gasteiger partial charge in [-0.05, 0) is 67.1 Å². The molecule has 1 aromatic heterocycles. The third kappa shape index (κ3) is 5.43. The second-order valence-electron chi connectivity index (χ2n) is 9.86. The summed E-state index contributed by atoms with van der Waals surface area (Å²) >= 11 is 0. The Kier molecular flexibility index (Phi) is 7.62. The van der Waals surface area contributed by atoms with E-state index in [-0.39, 0.29) is 13.2 Å². The van der Waals surface area contributed by atoms with Gasteiger partial charge in [-0.2, -0.15) is 12.7 Å². The molecule has 1 aliphatic carbocycles. The average Bonchev–Trinajstić information content (AvgIpc) is 3.06. The third-order valence-corrected chi connectivity index (χ3v) is 8.99. The molecule has 0 saturated carbocycles. The molecule has 0 amide bonds. The van der Waals surface area contributed by atoms with Gasteiger partial charge in [0.1, 0.15) is 24.7 Å². The number of aliphatic hydroxyl groups excluding tert-OH is 1. The van der Waals surface area contributed by atoms with Gasteiger partial charge in [-0.1, -0.05) is 12.5 Å². The van der Waals surface area contributed by atoms with Crippen LogP contribution in [-0.4, -0.2) is 69.8 Å². The van der Waals surface area contributed by atoms with Crippen molar-refractivity contribution in [2.75, 3.05) is 51.2 Å². The highest BCUT2D eigenvalue weighted by Gasteiger charge is 2.31. The zero-order valence-corrected chi connectivity index (χ0v) is 22.3. The molecule has 0 bridgehead atoms. The molecule has 2 heterocycles. The van der Waals surface area contributed by atoms with Crippen molar-refractivity contribution in [1.29, 1.82) is 0 Å². The molecule has 10 heteroatoms. The summed E-state index contributed by atoms with van der Waals surface area (Å²) in [6.45, 7) is 1.85. The quantitative estimate of drug-likeness (QED) is 0.291. The maximum atomic E-state index is 12.7. The van der Waals surface area contributed by atoms with E-state index in [0.717, 1.165) is 18.6 Å². The first-order valence-electron chi connectivity index (χ1n) is 13.0. The number of aromatic nitrogens is 1. The summed E-state index contributed by atoms with van der Waals surface area (Å²) in [4.78, 5) is 3.58. The SMILES string of the molecule is CN(C)S(=O)(=O)N1CCOc2ccc([C@@H](O)CNCCOc3ccc4[nH]c5c(c4c3)CCCCC5)cc21. The molecule has 1 atom stereocenters. The van der Waals surface area contributed by atoms with Crippen LogP contribution in [0.5, 0.6) is 11.5 Å². The molecular weight excluding hydrogens is 492 g/mol. The summed E-state index contributed by atoms with van der Waals surface area (Å²) < 4.78 is 39.6. The number of H-pyrrole nitrogens is 1. The number of benzene rings is 2. The minimum absolute atomic E-state index is 0.222. The number of rotatable bonds is 9. The molecule has 0 radical (unpaired) electrons. The van der Waals surface area contributed by atoms with Crippen molar-refractivity contribution in [3.05, 3.63) is 53.2 Å². The Bertz CT molecular complexity index is 1350. The minimum atomic E-state index is -3.65. The maximum Gasteiger partial charge on any atom is 0.303 e. The molecule has 2 aromatic carbocycles. The van der Waals surface area contributed by atoms with Crippen LogP contribution in [0.25, 0.3) is 10.9 Å². The monoisotopic (exact) mass is 528 g/mol. The first-order chi connectivity index (χ1) is 17.8. The van der Waals surface area contributed by atoms with Crippen molar-refractivity contribution in [2.24, 2.45) is 0 Å². The molecule has 3 N–H and O–H groups in total. The van der Waals surface area contributed by atoms with E-state index >= 15 is 0 Å². The predicted molar refractivity (Wildman–Crippen MR) is 145 cm³/mol. The summed E-state index contributed by atoms with van der Waals surface area (Å²) in [5.41, 5.74) is 5.05. The molecule has 1 aliphatic heterocycles. The van der Waals surface area contributed by atoms with Crippen LogP contribution in [0.3, 0.4) is 0 Å². The summed E-state index contributed by atoms with van der Waals surface area (Å²) in [6.07, 6.45) is 5.19. The number of aryl methyl sites for hydroxylation is 2. The lowest BCUT2D eigenvalue weighted by molar-refractivity contribution is 0.172. The van der Waals surface area contributed by atoms with Gasteiger partial charge in [0.05, 0.1) is 18.3 Å². The zero-order valence-electron chi connectivity index (χ0n) is 21.5. The van der Waals surface area contributed by atoms with E-state index in [1.54, 1.807) is 18.2 Å². The normalized spacial score (nSPS) is 16.7. The summed E-state index contributed by atoms with van der Waals surface area (Å²) in [7, 11) is -0.652. The third-order valence-electron chi connectivity index (χ3n) is 7.13. The van der Waals surface area contributed by atoms with E-state index in [4.69, 9.17) is 9.47 Å². The molecule has 3 aromatic rings. The number of ether oxygens (including phenoxy) is 2. The summed E-state index contributed by atoms with van der Waals surface area (Å²) in [6, 6.07) is 11.4. The number of aliphatic hydroxyl groups is 1. The van der Waals surface area contributed by atoms with E-state index < -0.39 is 16.3 Å². The van der Waals surface area contributed by atoms with Gasteiger partial charge in [-0.3, -0.25) is 4.31 Å². The largest absolute Gasteiger partial charge is 0.492 e. The molecule has 0 spiro atoms. The van der Waals surface area contributed by atoms with E-state index in [0.29, 0.717) is 36.7 Å². The molecule has 37 heavy (non-hydrogen) atoms. The minimum Gasteiger partial charge on any atom is -0.492 e. The molecular formula is C27H36N4O5S. The Morgan fingerprint density at radius 3 is 2.84 bits per heavy atom. The van der Waals surface area contributed by atoms with Crippen LogP contribution in [0.15, 0.2) is 36.4 Å². The van der Waals surface area contributed by atoms with E-state index in [1.807, 2.05) is 6.07 Å². The Hall–Kier alpha value is -2.79. The smallest absolute Gasteiger partial charge is 0.303 e. The number of hydrogen-bond acceptors (Lipinski definition) is 6. The average molecular weight is 529 g/mol. The second-order valence-corrected chi connectivity index (χ2v) is 11.9. The molecule has 5 rings (SSSR count). The first-order valence-corrected chi connectivity index (χ1v) is 14.4. The lowest BCUT2D eigenvalue weighted by Gasteiger charge is -2.32. The second kappa shape index (κ2) is 10.9.